The molecule has 1 aromatic carbocycles. The molecule has 2 aromatic rings. The Kier molecular flexibility index (Phi) is 10.6. The predicted molar refractivity (Wildman–Crippen MR) is 118 cm³/mol. The van der Waals surface area contributed by atoms with Crippen LogP contribution < -0.4 is 0 Å². The van der Waals surface area contributed by atoms with Crippen molar-refractivity contribution in [2.45, 2.75) is 47.5 Å². The van der Waals surface area contributed by atoms with E-state index in [1.54, 1.807) is 40.7 Å². The summed E-state index contributed by atoms with van der Waals surface area (Å²) in [5.74, 6) is -3.19. The maximum absolute atomic E-state index is 11.9. The van der Waals surface area contributed by atoms with Gasteiger partial charge in [0.2, 0.25) is 0 Å². The number of carboxylic acid groups (broad SMARTS) is 2. The van der Waals surface area contributed by atoms with Crippen LogP contribution in [0.5, 0.6) is 0 Å². The number of aromatic nitrogens is 2. The number of carbonyl (C=O) groups is 4. The Bertz CT molecular complexity index is 1030. The predicted octanol–water partition coefficient (Wildman–Crippen LogP) is 3.16. The molecule has 0 saturated carbocycles. The summed E-state index contributed by atoms with van der Waals surface area (Å²) in [4.78, 5) is 52.9. The fourth-order valence-electron chi connectivity index (χ4n) is 2.68. The van der Waals surface area contributed by atoms with E-state index in [4.69, 9.17) is 19.7 Å². The first-order valence-corrected chi connectivity index (χ1v) is 10.3. The Labute approximate surface area is 191 Å². The quantitative estimate of drug-likeness (QED) is 0.562. The number of rotatable bonds is 8. The van der Waals surface area contributed by atoms with Crippen molar-refractivity contribution in [1.82, 2.24) is 9.97 Å². The smallest absolute Gasteiger partial charge is 0.356 e. The number of hydrogen-bond donors (Lipinski definition) is 2. The first-order valence-electron chi connectivity index (χ1n) is 10.3. The molecule has 10 heteroatoms. The van der Waals surface area contributed by atoms with E-state index in [1.807, 2.05) is 0 Å². The van der Waals surface area contributed by atoms with E-state index < -0.39 is 23.9 Å². The minimum absolute atomic E-state index is 0.0399. The molecule has 178 valence electrons. The molecule has 1 heterocycles. The molecule has 0 aliphatic rings. The first-order chi connectivity index (χ1) is 15.5. The number of ether oxygens (including phenoxy) is 2. The number of esters is 2. The van der Waals surface area contributed by atoms with E-state index in [2.05, 4.69) is 9.97 Å². The van der Waals surface area contributed by atoms with Crippen LogP contribution >= 0.6 is 0 Å². The molecule has 0 saturated heterocycles. The Balaban J connectivity index is 0.000000383. The molecule has 0 aliphatic heterocycles. The van der Waals surface area contributed by atoms with Gasteiger partial charge in [0.05, 0.1) is 41.4 Å². The lowest BCUT2D eigenvalue weighted by Gasteiger charge is -2.10. The fourth-order valence-corrected chi connectivity index (χ4v) is 2.68. The van der Waals surface area contributed by atoms with Gasteiger partial charge in [-0.05, 0) is 58.7 Å². The number of benzene rings is 1. The van der Waals surface area contributed by atoms with Crippen LogP contribution in [-0.2, 0) is 20.7 Å². The van der Waals surface area contributed by atoms with Crippen LogP contribution in [0.15, 0.2) is 18.2 Å². The third kappa shape index (κ3) is 8.32. The third-order valence-electron chi connectivity index (χ3n) is 4.39. The van der Waals surface area contributed by atoms with E-state index in [0.717, 1.165) is 5.69 Å². The second-order valence-corrected chi connectivity index (χ2v) is 6.85. The van der Waals surface area contributed by atoms with Crippen molar-refractivity contribution >= 4 is 23.9 Å². The van der Waals surface area contributed by atoms with Gasteiger partial charge in [-0.1, -0.05) is 6.07 Å². The number of nitrogens with zero attached hydrogens (tertiary/aromatic N) is 2. The molecular formula is C23H28N2O8. The molecule has 0 unspecified atom stereocenters. The zero-order chi connectivity index (χ0) is 25.1. The molecule has 2 rings (SSSR count). The van der Waals surface area contributed by atoms with Gasteiger partial charge >= 0.3 is 23.9 Å². The number of carbonyl (C=O) groups excluding carboxylic acids is 2. The van der Waals surface area contributed by atoms with Crippen molar-refractivity contribution in [3.05, 3.63) is 57.7 Å². The van der Waals surface area contributed by atoms with Gasteiger partial charge in [-0.15, -0.1) is 0 Å². The van der Waals surface area contributed by atoms with Crippen LogP contribution in [0, 0.1) is 20.8 Å². The summed E-state index contributed by atoms with van der Waals surface area (Å²) in [5, 5.41) is 17.4. The fraction of sp³-hybridized carbons (Fsp3) is 0.391. The normalized spacial score (nSPS) is 9.97. The molecule has 0 bridgehead atoms. The highest BCUT2D eigenvalue weighted by molar-refractivity contribution is 6.03. The number of aryl methyl sites for hydroxylation is 4. The SMILES string of the molecule is CCOC(=O)c1ccc(CCC(=O)O)cc1C(=O)OCC.Cc1nc(C)c(C(=O)O)nc1C. The summed E-state index contributed by atoms with van der Waals surface area (Å²) in [7, 11) is 0. The van der Waals surface area contributed by atoms with Gasteiger partial charge < -0.3 is 19.7 Å². The molecule has 0 spiro atoms. The van der Waals surface area contributed by atoms with Crippen molar-refractivity contribution < 1.29 is 38.9 Å². The summed E-state index contributed by atoms with van der Waals surface area (Å²) in [6.07, 6.45) is 0.214. The Morgan fingerprint density at radius 2 is 1.36 bits per heavy atom. The number of aliphatic carboxylic acids is 1. The molecule has 0 fully saturated rings. The highest BCUT2D eigenvalue weighted by atomic mass is 16.5. The van der Waals surface area contributed by atoms with Crippen LogP contribution in [0.1, 0.15) is 74.1 Å². The summed E-state index contributed by atoms with van der Waals surface area (Å²) in [6.45, 7) is 8.90. The van der Waals surface area contributed by atoms with Crippen LogP contribution in [0.25, 0.3) is 0 Å². The molecule has 2 N–H and O–H groups in total. The number of aromatic carboxylic acids is 1. The van der Waals surface area contributed by atoms with Gasteiger partial charge in [-0.3, -0.25) is 9.78 Å². The minimum atomic E-state index is -1.02. The van der Waals surface area contributed by atoms with Crippen LogP contribution in [0.2, 0.25) is 0 Å². The topological polar surface area (TPSA) is 153 Å². The molecule has 33 heavy (non-hydrogen) atoms. The summed E-state index contributed by atoms with van der Waals surface area (Å²) < 4.78 is 9.81. The average molecular weight is 460 g/mol. The molecule has 10 nitrogen and oxygen atoms in total. The molecule has 0 radical (unpaired) electrons. The minimum Gasteiger partial charge on any atom is -0.481 e. The summed E-state index contributed by atoms with van der Waals surface area (Å²) in [5.41, 5.74) is 2.81. The zero-order valence-electron chi connectivity index (χ0n) is 19.3. The molecule has 0 amide bonds. The van der Waals surface area contributed by atoms with Crippen molar-refractivity contribution in [2.75, 3.05) is 13.2 Å². The molecule has 0 aliphatic carbocycles. The molecule has 0 atom stereocenters. The van der Waals surface area contributed by atoms with Crippen molar-refractivity contribution in [3.8, 4) is 0 Å². The lowest BCUT2D eigenvalue weighted by Crippen LogP contribution is -2.14. The number of hydrogen-bond acceptors (Lipinski definition) is 8. The largest absolute Gasteiger partial charge is 0.481 e. The lowest BCUT2D eigenvalue weighted by atomic mass is 10.0. The van der Waals surface area contributed by atoms with Gasteiger partial charge in [-0.2, -0.15) is 0 Å². The highest BCUT2D eigenvalue weighted by Gasteiger charge is 2.20. The zero-order valence-corrected chi connectivity index (χ0v) is 19.3. The van der Waals surface area contributed by atoms with Gasteiger partial charge in [-0.25, -0.2) is 19.4 Å². The molecule has 1 aromatic heterocycles. The van der Waals surface area contributed by atoms with Crippen LogP contribution in [-0.4, -0.2) is 57.3 Å². The van der Waals surface area contributed by atoms with E-state index >= 15 is 0 Å². The van der Waals surface area contributed by atoms with E-state index in [0.29, 0.717) is 17.0 Å². The maximum Gasteiger partial charge on any atom is 0.356 e. The molecular weight excluding hydrogens is 432 g/mol. The van der Waals surface area contributed by atoms with E-state index in [1.165, 1.54) is 12.1 Å². The monoisotopic (exact) mass is 460 g/mol. The Hall–Kier alpha value is -3.82. The lowest BCUT2D eigenvalue weighted by molar-refractivity contribution is -0.136. The van der Waals surface area contributed by atoms with E-state index in [-0.39, 0.29) is 42.9 Å². The first kappa shape index (κ1) is 27.2. The highest BCUT2D eigenvalue weighted by Crippen LogP contribution is 2.16. The van der Waals surface area contributed by atoms with Gasteiger partial charge in [0.25, 0.3) is 0 Å². The Morgan fingerprint density at radius 1 is 0.818 bits per heavy atom. The Morgan fingerprint density at radius 3 is 1.88 bits per heavy atom. The second-order valence-electron chi connectivity index (χ2n) is 6.85. The van der Waals surface area contributed by atoms with Crippen molar-refractivity contribution in [1.29, 1.82) is 0 Å². The number of carboxylic acids is 2. The summed E-state index contributed by atoms with van der Waals surface area (Å²) in [6, 6.07) is 4.55. The summed E-state index contributed by atoms with van der Waals surface area (Å²) >= 11 is 0. The van der Waals surface area contributed by atoms with Gasteiger partial charge in [0, 0.05) is 6.42 Å². The van der Waals surface area contributed by atoms with Crippen molar-refractivity contribution in [2.24, 2.45) is 0 Å². The van der Waals surface area contributed by atoms with Gasteiger partial charge in [0.1, 0.15) is 0 Å². The third-order valence-corrected chi connectivity index (χ3v) is 4.39. The average Bonchev–Trinajstić information content (AvgIpc) is 2.75. The van der Waals surface area contributed by atoms with Crippen molar-refractivity contribution in [3.63, 3.8) is 0 Å². The van der Waals surface area contributed by atoms with Crippen LogP contribution in [0.4, 0.5) is 0 Å². The standard InChI is InChI=1S/C15H18O6.C8H10N2O2/c1-3-20-14(18)11-7-5-10(6-8-13(16)17)9-12(11)15(19)21-4-2;1-4-5(2)10-7(8(11)12)6(3)9-4/h5,7,9H,3-4,6,8H2,1-2H3,(H,16,17);1-3H3,(H,11,12). The van der Waals surface area contributed by atoms with Crippen LogP contribution in [0.3, 0.4) is 0 Å². The second kappa shape index (κ2) is 12.9. The maximum atomic E-state index is 11.9. The van der Waals surface area contributed by atoms with Gasteiger partial charge in [0.15, 0.2) is 5.69 Å². The van der Waals surface area contributed by atoms with E-state index in [9.17, 15) is 19.2 Å².